The molecule has 104 valence electrons. The molecule has 0 unspecified atom stereocenters. The third-order valence-corrected chi connectivity index (χ3v) is 3.74. The van der Waals surface area contributed by atoms with Crippen molar-refractivity contribution in [2.75, 3.05) is 0 Å². The second kappa shape index (κ2) is 5.59. The van der Waals surface area contributed by atoms with Crippen LogP contribution in [0.1, 0.15) is 32.0 Å². The fourth-order valence-electron chi connectivity index (χ4n) is 1.66. The highest BCUT2D eigenvalue weighted by atomic mass is 32.1. The van der Waals surface area contributed by atoms with Crippen LogP contribution in [0.5, 0.6) is 0 Å². The molecular formula is C16H17NO2S. The number of carboxylic acid groups (broad SMARTS) is 1. The molecule has 0 atom stereocenters. The van der Waals surface area contributed by atoms with Gasteiger partial charge in [-0.2, -0.15) is 0 Å². The number of aromatic nitrogens is 1. The first-order valence-corrected chi connectivity index (χ1v) is 7.22. The van der Waals surface area contributed by atoms with Crippen LogP contribution < -0.4 is 0 Å². The average molecular weight is 287 g/mol. The first-order valence-electron chi connectivity index (χ1n) is 6.34. The first kappa shape index (κ1) is 14.5. The molecule has 20 heavy (non-hydrogen) atoms. The molecule has 2 rings (SSSR count). The Morgan fingerprint density at radius 2 is 1.90 bits per heavy atom. The summed E-state index contributed by atoms with van der Waals surface area (Å²) >= 11 is 1.63. The normalized spacial score (nSPS) is 11.9. The van der Waals surface area contributed by atoms with Gasteiger partial charge in [-0.15, -0.1) is 11.3 Å². The number of benzene rings is 1. The molecule has 0 aliphatic heterocycles. The Kier molecular flexibility index (Phi) is 4.04. The molecule has 1 heterocycles. The highest BCUT2D eigenvalue weighted by Gasteiger charge is 2.17. The van der Waals surface area contributed by atoms with E-state index in [0.29, 0.717) is 0 Å². The van der Waals surface area contributed by atoms with E-state index in [1.54, 1.807) is 17.4 Å². The molecule has 2 aromatic rings. The predicted molar refractivity (Wildman–Crippen MR) is 82.9 cm³/mol. The molecular weight excluding hydrogens is 270 g/mol. The molecule has 0 radical (unpaired) electrons. The lowest BCUT2D eigenvalue weighted by molar-refractivity contribution is -0.131. The van der Waals surface area contributed by atoms with Crippen molar-refractivity contribution in [2.45, 2.75) is 26.2 Å². The fraction of sp³-hybridized carbons (Fsp3) is 0.250. The smallest absolute Gasteiger partial charge is 0.328 e. The molecule has 0 aliphatic carbocycles. The Labute approximate surface area is 122 Å². The molecule has 0 fully saturated rings. The lowest BCUT2D eigenvalue weighted by Gasteiger charge is -2.14. The number of carbonyl (C=O) groups is 1. The summed E-state index contributed by atoms with van der Waals surface area (Å²) in [6.45, 7) is 6.43. The average Bonchev–Trinajstić information content (AvgIpc) is 2.86. The van der Waals surface area contributed by atoms with E-state index in [0.717, 1.165) is 27.9 Å². The van der Waals surface area contributed by atoms with Crippen LogP contribution >= 0.6 is 11.3 Å². The Bertz CT molecular complexity index is 633. The summed E-state index contributed by atoms with van der Waals surface area (Å²) in [5, 5.41) is 11.7. The first-order chi connectivity index (χ1) is 9.36. The van der Waals surface area contributed by atoms with Crippen LogP contribution in [-0.4, -0.2) is 16.1 Å². The number of hydrogen-bond donors (Lipinski definition) is 1. The minimum absolute atomic E-state index is 0.0545. The maximum atomic E-state index is 10.5. The van der Waals surface area contributed by atoms with E-state index in [1.807, 2.05) is 24.3 Å². The van der Waals surface area contributed by atoms with Crippen LogP contribution in [0.2, 0.25) is 0 Å². The van der Waals surface area contributed by atoms with E-state index in [1.165, 1.54) is 0 Å². The fourth-order valence-corrected chi connectivity index (χ4v) is 2.71. The second-order valence-corrected chi connectivity index (χ2v) is 6.44. The summed E-state index contributed by atoms with van der Waals surface area (Å²) in [7, 11) is 0. The Morgan fingerprint density at radius 1 is 1.25 bits per heavy atom. The minimum Gasteiger partial charge on any atom is -0.478 e. The lowest BCUT2D eigenvalue weighted by atomic mass is 9.93. The molecule has 1 N–H and O–H groups in total. The predicted octanol–water partition coefficient (Wildman–Crippen LogP) is 4.21. The molecule has 1 aromatic heterocycles. The van der Waals surface area contributed by atoms with E-state index >= 15 is 0 Å². The lowest BCUT2D eigenvalue weighted by Crippen LogP contribution is -2.11. The van der Waals surface area contributed by atoms with Crippen molar-refractivity contribution in [1.29, 1.82) is 0 Å². The molecule has 0 saturated heterocycles. The number of nitrogens with zero attached hydrogens (tertiary/aromatic N) is 1. The van der Waals surface area contributed by atoms with E-state index in [2.05, 4.69) is 31.1 Å². The van der Waals surface area contributed by atoms with Crippen molar-refractivity contribution in [1.82, 2.24) is 4.98 Å². The third kappa shape index (κ3) is 3.54. The summed E-state index contributed by atoms with van der Waals surface area (Å²) < 4.78 is 0. The van der Waals surface area contributed by atoms with Crippen molar-refractivity contribution in [3.05, 3.63) is 47.0 Å². The zero-order chi connectivity index (χ0) is 14.8. The van der Waals surface area contributed by atoms with Gasteiger partial charge >= 0.3 is 5.97 Å². The molecule has 3 nitrogen and oxygen atoms in total. The van der Waals surface area contributed by atoms with Gasteiger partial charge < -0.3 is 5.11 Å². The summed E-state index contributed by atoms with van der Waals surface area (Å²) in [4.78, 5) is 15.1. The molecule has 0 spiro atoms. The second-order valence-electron chi connectivity index (χ2n) is 5.58. The molecule has 4 heteroatoms. The van der Waals surface area contributed by atoms with E-state index in [4.69, 9.17) is 5.11 Å². The van der Waals surface area contributed by atoms with Crippen LogP contribution in [0.25, 0.3) is 16.6 Å². The monoisotopic (exact) mass is 287 g/mol. The minimum atomic E-state index is -0.941. The molecule has 0 bridgehead atoms. The van der Waals surface area contributed by atoms with Crippen molar-refractivity contribution in [2.24, 2.45) is 0 Å². The van der Waals surface area contributed by atoms with Crippen molar-refractivity contribution < 1.29 is 9.90 Å². The van der Waals surface area contributed by atoms with Gasteiger partial charge in [0.05, 0.1) is 5.69 Å². The molecule has 0 saturated carbocycles. The van der Waals surface area contributed by atoms with Gasteiger partial charge in [-0.1, -0.05) is 45.0 Å². The van der Waals surface area contributed by atoms with Crippen molar-refractivity contribution >= 4 is 23.4 Å². The zero-order valence-electron chi connectivity index (χ0n) is 11.8. The summed E-state index contributed by atoms with van der Waals surface area (Å²) in [5.41, 5.74) is 3.06. The molecule has 0 aliphatic rings. The van der Waals surface area contributed by atoms with Gasteiger partial charge in [0.25, 0.3) is 0 Å². The van der Waals surface area contributed by atoms with Gasteiger partial charge in [0.1, 0.15) is 5.01 Å². The van der Waals surface area contributed by atoms with Crippen molar-refractivity contribution in [3.8, 4) is 10.6 Å². The van der Waals surface area contributed by atoms with E-state index in [9.17, 15) is 4.79 Å². The SMILES string of the molecule is CC(C)(C)c1csc(-c2ccc(/C=C/C(=O)O)cc2)n1. The van der Waals surface area contributed by atoms with E-state index in [-0.39, 0.29) is 5.41 Å². The van der Waals surface area contributed by atoms with Crippen LogP contribution in [0, 0.1) is 0 Å². The Morgan fingerprint density at radius 3 is 2.40 bits per heavy atom. The topological polar surface area (TPSA) is 50.2 Å². The molecule has 0 amide bonds. The van der Waals surface area contributed by atoms with Crippen molar-refractivity contribution in [3.63, 3.8) is 0 Å². The van der Waals surface area contributed by atoms with Crippen LogP contribution in [-0.2, 0) is 10.2 Å². The standard InChI is InChI=1S/C16H17NO2S/c1-16(2,3)13-10-20-15(17-13)12-7-4-11(5-8-12)6-9-14(18)19/h4-10H,1-3H3,(H,18,19)/b9-6+. The molecule has 1 aromatic carbocycles. The maximum Gasteiger partial charge on any atom is 0.328 e. The van der Waals surface area contributed by atoms with Gasteiger partial charge in [0, 0.05) is 22.4 Å². The zero-order valence-corrected chi connectivity index (χ0v) is 12.6. The van der Waals surface area contributed by atoms with Gasteiger partial charge in [0.2, 0.25) is 0 Å². The number of carboxylic acids is 1. The number of aliphatic carboxylic acids is 1. The summed E-state index contributed by atoms with van der Waals surface area (Å²) in [5.74, 6) is -0.941. The van der Waals surface area contributed by atoms with E-state index < -0.39 is 5.97 Å². The van der Waals surface area contributed by atoms with Crippen LogP contribution in [0.4, 0.5) is 0 Å². The Balaban J connectivity index is 2.22. The number of rotatable bonds is 3. The highest BCUT2D eigenvalue weighted by molar-refractivity contribution is 7.13. The van der Waals surface area contributed by atoms with Gasteiger partial charge in [-0.25, -0.2) is 9.78 Å². The summed E-state index contributed by atoms with van der Waals surface area (Å²) in [6.07, 6.45) is 2.71. The van der Waals surface area contributed by atoms with Gasteiger partial charge in [0.15, 0.2) is 0 Å². The largest absolute Gasteiger partial charge is 0.478 e. The van der Waals surface area contributed by atoms with Crippen LogP contribution in [0.15, 0.2) is 35.7 Å². The van der Waals surface area contributed by atoms with Gasteiger partial charge in [-0.05, 0) is 11.6 Å². The quantitative estimate of drug-likeness (QED) is 0.860. The Hall–Kier alpha value is -1.94. The summed E-state index contributed by atoms with van der Waals surface area (Å²) in [6, 6.07) is 7.72. The highest BCUT2D eigenvalue weighted by Crippen LogP contribution is 2.29. The number of thiazole rings is 1. The maximum absolute atomic E-state index is 10.5. The van der Waals surface area contributed by atoms with Gasteiger partial charge in [-0.3, -0.25) is 0 Å². The van der Waals surface area contributed by atoms with Crippen LogP contribution in [0.3, 0.4) is 0 Å². The number of hydrogen-bond acceptors (Lipinski definition) is 3. The third-order valence-electron chi connectivity index (χ3n) is 2.85.